The van der Waals surface area contributed by atoms with Crippen LogP contribution < -0.4 is 5.32 Å². The number of nitrogens with zero attached hydrogens (tertiary/aromatic N) is 1. The molecular formula is C17H16Cl3FN2O. The number of anilines is 1. The van der Waals surface area contributed by atoms with E-state index >= 15 is 0 Å². The maximum absolute atomic E-state index is 13.7. The third-order valence-electron chi connectivity index (χ3n) is 3.69. The van der Waals surface area contributed by atoms with Gasteiger partial charge >= 0.3 is 0 Å². The first-order chi connectivity index (χ1) is 11.3. The Bertz CT molecular complexity index is 755. The van der Waals surface area contributed by atoms with Crippen LogP contribution >= 0.6 is 34.8 Å². The highest BCUT2D eigenvalue weighted by atomic mass is 35.5. The summed E-state index contributed by atoms with van der Waals surface area (Å²) in [6, 6.07) is 8.92. The smallest absolute Gasteiger partial charge is 0.241 e. The van der Waals surface area contributed by atoms with E-state index in [1.54, 1.807) is 37.1 Å². The Hall–Kier alpha value is -1.33. The highest BCUT2D eigenvalue weighted by molar-refractivity contribution is 6.44. The Balaban J connectivity index is 2.06. The zero-order valence-corrected chi connectivity index (χ0v) is 15.4. The molecule has 0 heterocycles. The van der Waals surface area contributed by atoms with Crippen LogP contribution in [-0.4, -0.2) is 23.9 Å². The van der Waals surface area contributed by atoms with Gasteiger partial charge in [0.1, 0.15) is 5.82 Å². The second kappa shape index (κ2) is 8.17. The maximum Gasteiger partial charge on any atom is 0.241 e. The number of likely N-dealkylation sites (N-methyl/N-ethyl adjacent to an activating group) is 1. The standard InChI is InChI=1S/C17H16Cl3FN2O/c1-10(23(2)9-11-5-3-4-6-15(11)21)17(24)22-16-8-13(19)12(18)7-14(16)20/h3-8,10H,9H2,1-2H3,(H,22,24)/t10-/m0/s1. The van der Waals surface area contributed by atoms with Gasteiger partial charge in [0.25, 0.3) is 0 Å². The molecule has 7 heteroatoms. The van der Waals surface area contributed by atoms with Crippen LogP contribution in [0.2, 0.25) is 15.1 Å². The van der Waals surface area contributed by atoms with Crippen molar-refractivity contribution in [1.82, 2.24) is 4.90 Å². The maximum atomic E-state index is 13.7. The van der Waals surface area contributed by atoms with E-state index < -0.39 is 6.04 Å². The minimum Gasteiger partial charge on any atom is -0.323 e. The van der Waals surface area contributed by atoms with Crippen molar-refractivity contribution in [2.45, 2.75) is 19.5 Å². The van der Waals surface area contributed by atoms with E-state index in [9.17, 15) is 9.18 Å². The fourth-order valence-corrected chi connectivity index (χ4v) is 2.68. The van der Waals surface area contributed by atoms with Crippen molar-refractivity contribution in [2.75, 3.05) is 12.4 Å². The Morgan fingerprint density at radius 3 is 2.46 bits per heavy atom. The van der Waals surface area contributed by atoms with Crippen molar-refractivity contribution in [3.05, 3.63) is 62.8 Å². The van der Waals surface area contributed by atoms with Crippen molar-refractivity contribution in [3.63, 3.8) is 0 Å². The number of hydrogen-bond acceptors (Lipinski definition) is 2. The molecule has 3 nitrogen and oxygen atoms in total. The number of carbonyl (C=O) groups is 1. The van der Waals surface area contributed by atoms with Crippen LogP contribution in [0.5, 0.6) is 0 Å². The van der Waals surface area contributed by atoms with E-state index in [1.807, 2.05) is 0 Å². The van der Waals surface area contributed by atoms with Gasteiger partial charge in [-0.25, -0.2) is 4.39 Å². The van der Waals surface area contributed by atoms with Gasteiger partial charge < -0.3 is 5.32 Å². The molecule has 128 valence electrons. The fourth-order valence-electron chi connectivity index (χ4n) is 2.09. The summed E-state index contributed by atoms with van der Waals surface area (Å²) in [5.74, 6) is -0.585. The van der Waals surface area contributed by atoms with Gasteiger partial charge in [-0.1, -0.05) is 53.0 Å². The number of nitrogens with one attached hydrogen (secondary N) is 1. The van der Waals surface area contributed by atoms with Crippen LogP contribution in [0.4, 0.5) is 10.1 Å². The van der Waals surface area contributed by atoms with Crippen molar-refractivity contribution in [2.24, 2.45) is 0 Å². The molecule has 0 radical (unpaired) electrons. The quantitative estimate of drug-likeness (QED) is 0.709. The molecule has 1 atom stereocenters. The molecule has 0 spiro atoms. The van der Waals surface area contributed by atoms with Crippen molar-refractivity contribution >= 4 is 46.4 Å². The normalized spacial score (nSPS) is 12.3. The van der Waals surface area contributed by atoms with E-state index in [2.05, 4.69) is 5.32 Å². The van der Waals surface area contributed by atoms with Crippen LogP contribution in [0.15, 0.2) is 36.4 Å². The van der Waals surface area contributed by atoms with Gasteiger partial charge in [0.05, 0.1) is 26.8 Å². The number of carbonyl (C=O) groups excluding carboxylic acids is 1. The first kappa shape index (κ1) is 19.0. The number of benzene rings is 2. The van der Waals surface area contributed by atoms with Crippen molar-refractivity contribution in [1.29, 1.82) is 0 Å². The van der Waals surface area contributed by atoms with Gasteiger partial charge in [0, 0.05) is 12.1 Å². The minimum absolute atomic E-state index is 0.283. The minimum atomic E-state index is -0.505. The topological polar surface area (TPSA) is 32.3 Å². The third-order valence-corrected chi connectivity index (χ3v) is 4.72. The third kappa shape index (κ3) is 4.61. The lowest BCUT2D eigenvalue weighted by molar-refractivity contribution is -0.120. The summed E-state index contributed by atoms with van der Waals surface area (Å²) in [5.41, 5.74) is 0.898. The monoisotopic (exact) mass is 388 g/mol. The molecule has 1 amide bonds. The molecule has 2 aromatic rings. The van der Waals surface area contributed by atoms with Crippen molar-refractivity contribution < 1.29 is 9.18 Å². The number of amides is 1. The van der Waals surface area contributed by atoms with Gasteiger partial charge in [0.15, 0.2) is 0 Å². The van der Waals surface area contributed by atoms with Crippen LogP contribution in [0, 0.1) is 5.82 Å². The molecule has 2 aromatic carbocycles. The second-order valence-corrected chi connectivity index (χ2v) is 6.64. The average molecular weight is 390 g/mol. The Morgan fingerprint density at radius 2 is 1.79 bits per heavy atom. The molecule has 0 aliphatic rings. The molecular weight excluding hydrogens is 374 g/mol. The Kier molecular flexibility index (Phi) is 6.47. The van der Waals surface area contributed by atoms with E-state index in [0.717, 1.165) is 0 Å². The first-order valence-corrected chi connectivity index (χ1v) is 8.32. The molecule has 0 aliphatic heterocycles. The lowest BCUT2D eigenvalue weighted by Crippen LogP contribution is -2.39. The summed E-state index contributed by atoms with van der Waals surface area (Å²) in [4.78, 5) is 14.1. The van der Waals surface area contributed by atoms with E-state index in [-0.39, 0.29) is 11.7 Å². The molecule has 0 unspecified atom stereocenters. The molecule has 0 aliphatic carbocycles. The van der Waals surface area contributed by atoms with Gasteiger partial charge in [0.2, 0.25) is 5.91 Å². The lowest BCUT2D eigenvalue weighted by Gasteiger charge is -2.24. The van der Waals surface area contributed by atoms with Gasteiger partial charge in [-0.3, -0.25) is 9.69 Å². The lowest BCUT2D eigenvalue weighted by atomic mass is 10.1. The summed E-state index contributed by atoms with van der Waals surface area (Å²) in [7, 11) is 1.74. The number of hydrogen-bond donors (Lipinski definition) is 1. The summed E-state index contributed by atoms with van der Waals surface area (Å²) < 4.78 is 13.7. The Morgan fingerprint density at radius 1 is 1.17 bits per heavy atom. The molecule has 0 bridgehead atoms. The summed E-state index contributed by atoms with van der Waals surface area (Å²) in [6.07, 6.45) is 0. The molecule has 0 aromatic heterocycles. The van der Waals surface area contributed by atoms with Gasteiger partial charge in [-0.15, -0.1) is 0 Å². The molecule has 24 heavy (non-hydrogen) atoms. The van der Waals surface area contributed by atoms with E-state index in [0.29, 0.717) is 32.9 Å². The Labute approximate surface area is 155 Å². The van der Waals surface area contributed by atoms with Gasteiger partial charge in [-0.05, 0) is 32.2 Å². The highest BCUT2D eigenvalue weighted by Gasteiger charge is 2.20. The molecule has 0 saturated carbocycles. The predicted molar refractivity (Wildman–Crippen MR) is 97.4 cm³/mol. The molecule has 0 fully saturated rings. The second-order valence-electron chi connectivity index (χ2n) is 5.42. The fraction of sp³-hybridized carbons (Fsp3) is 0.235. The summed E-state index contributed by atoms with van der Waals surface area (Å²) in [6.45, 7) is 2.03. The van der Waals surface area contributed by atoms with Gasteiger partial charge in [-0.2, -0.15) is 0 Å². The molecule has 1 N–H and O–H groups in total. The summed E-state index contributed by atoms with van der Waals surface area (Å²) >= 11 is 17.9. The SMILES string of the molecule is C[C@@H](C(=O)Nc1cc(Cl)c(Cl)cc1Cl)N(C)Cc1ccccc1F. The van der Waals surface area contributed by atoms with E-state index in [1.165, 1.54) is 18.2 Å². The average Bonchev–Trinajstić information content (AvgIpc) is 2.53. The van der Waals surface area contributed by atoms with E-state index in [4.69, 9.17) is 34.8 Å². The number of rotatable bonds is 5. The first-order valence-electron chi connectivity index (χ1n) is 7.18. The predicted octanol–water partition coefficient (Wildman–Crippen LogP) is 5.24. The van der Waals surface area contributed by atoms with Crippen LogP contribution in [0.3, 0.4) is 0 Å². The van der Waals surface area contributed by atoms with Crippen LogP contribution in [0.25, 0.3) is 0 Å². The summed E-state index contributed by atoms with van der Waals surface area (Å²) in [5, 5.41) is 3.61. The zero-order valence-electron chi connectivity index (χ0n) is 13.1. The van der Waals surface area contributed by atoms with Crippen LogP contribution in [-0.2, 0) is 11.3 Å². The van der Waals surface area contributed by atoms with Crippen LogP contribution in [0.1, 0.15) is 12.5 Å². The molecule has 2 rings (SSSR count). The number of halogens is 4. The largest absolute Gasteiger partial charge is 0.323 e. The zero-order chi connectivity index (χ0) is 17.9. The highest BCUT2D eigenvalue weighted by Crippen LogP contribution is 2.32. The van der Waals surface area contributed by atoms with Crippen molar-refractivity contribution in [3.8, 4) is 0 Å². The molecule has 0 saturated heterocycles.